The maximum absolute atomic E-state index is 12.2. The maximum Gasteiger partial charge on any atom is 0.410 e. The first-order valence-corrected chi connectivity index (χ1v) is 8.60. The third-order valence-corrected chi connectivity index (χ3v) is 4.16. The minimum Gasteiger partial charge on any atom is -0.444 e. The zero-order chi connectivity index (χ0) is 16.3. The summed E-state index contributed by atoms with van der Waals surface area (Å²) in [6.45, 7) is 12.9. The van der Waals surface area contributed by atoms with E-state index in [4.69, 9.17) is 4.74 Å². The van der Waals surface area contributed by atoms with E-state index in [1.807, 2.05) is 20.8 Å². The molecule has 7 heteroatoms. The molecule has 1 fully saturated rings. The maximum atomic E-state index is 12.2. The number of carbonyl (C=O) groups is 1. The van der Waals surface area contributed by atoms with Crippen LogP contribution in [0.25, 0.3) is 0 Å². The molecule has 1 amide bonds. The topological polar surface area (TPSA) is 58.6 Å². The average Bonchev–Trinajstić information content (AvgIpc) is 2.75. The minimum absolute atomic E-state index is 0.227. The normalized spacial score (nSPS) is 16.8. The second kappa shape index (κ2) is 6.81. The number of hydrogen-bond donors (Lipinski definition) is 0. The minimum atomic E-state index is -0.450. The van der Waals surface area contributed by atoms with Crippen molar-refractivity contribution in [1.29, 1.82) is 0 Å². The van der Waals surface area contributed by atoms with Gasteiger partial charge in [0.1, 0.15) is 11.4 Å². The highest BCUT2D eigenvalue weighted by molar-refractivity contribution is 7.09. The molecular formula is C15H26N4O2S. The van der Waals surface area contributed by atoms with Crippen LogP contribution >= 0.6 is 11.5 Å². The molecule has 0 unspecified atom stereocenters. The Kier molecular flexibility index (Phi) is 5.26. The quantitative estimate of drug-likeness (QED) is 0.836. The Balaban J connectivity index is 1.95. The summed E-state index contributed by atoms with van der Waals surface area (Å²) in [6, 6.07) is 0. The molecular weight excluding hydrogens is 300 g/mol. The molecule has 1 aromatic heterocycles. The van der Waals surface area contributed by atoms with Gasteiger partial charge in [-0.3, -0.25) is 0 Å². The highest BCUT2D eigenvalue weighted by Gasteiger charge is 2.25. The predicted octanol–water partition coefficient (Wildman–Crippen LogP) is 3.11. The highest BCUT2D eigenvalue weighted by atomic mass is 32.1. The van der Waals surface area contributed by atoms with E-state index in [2.05, 4.69) is 28.1 Å². The van der Waals surface area contributed by atoms with Crippen molar-refractivity contribution in [3.63, 3.8) is 0 Å². The Labute approximate surface area is 136 Å². The lowest BCUT2D eigenvalue weighted by Gasteiger charge is -2.26. The first kappa shape index (κ1) is 17.0. The predicted molar refractivity (Wildman–Crippen MR) is 88.6 cm³/mol. The van der Waals surface area contributed by atoms with Gasteiger partial charge in [-0.15, -0.1) is 0 Å². The Morgan fingerprint density at radius 1 is 1.23 bits per heavy atom. The summed E-state index contributed by atoms with van der Waals surface area (Å²) < 4.78 is 9.86. The number of nitrogens with zero attached hydrogens (tertiary/aromatic N) is 4. The second-order valence-corrected chi connectivity index (χ2v) is 7.63. The fourth-order valence-corrected chi connectivity index (χ4v) is 3.07. The summed E-state index contributed by atoms with van der Waals surface area (Å²) in [4.78, 5) is 20.8. The van der Waals surface area contributed by atoms with Gasteiger partial charge >= 0.3 is 6.09 Å². The molecule has 1 saturated heterocycles. The van der Waals surface area contributed by atoms with Gasteiger partial charge in [-0.25, -0.2) is 9.78 Å². The molecule has 2 heterocycles. The van der Waals surface area contributed by atoms with Crippen LogP contribution in [0.1, 0.15) is 52.8 Å². The summed E-state index contributed by atoms with van der Waals surface area (Å²) in [5.74, 6) is 1.24. The molecule has 1 aromatic rings. The van der Waals surface area contributed by atoms with E-state index in [9.17, 15) is 4.79 Å². The van der Waals surface area contributed by atoms with Crippen LogP contribution in [0.5, 0.6) is 0 Å². The molecule has 2 rings (SSSR count). The van der Waals surface area contributed by atoms with Crippen molar-refractivity contribution in [3.8, 4) is 0 Å². The van der Waals surface area contributed by atoms with Crippen LogP contribution in [0.2, 0.25) is 0 Å². The molecule has 0 aliphatic carbocycles. The second-order valence-electron chi connectivity index (χ2n) is 6.90. The summed E-state index contributed by atoms with van der Waals surface area (Å²) in [7, 11) is 0. The van der Waals surface area contributed by atoms with Crippen LogP contribution in [0.15, 0.2) is 0 Å². The molecule has 0 saturated carbocycles. The number of amides is 1. The van der Waals surface area contributed by atoms with Crippen LogP contribution < -0.4 is 4.90 Å². The first-order chi connectivity index (χ1) is 10.3. The van der Waals surface area contributed by atoms with Crippen LogP contribution in [-0.2, 0) is 4.74 Å². The summed E-state index contributed by atoms with van der Waals surface area (Å²) >= 11 is 1.44. The number of anilines is 1. The monoisotopic (exact) mass is 326 g/mol. The van der Waals surface area contributed by atoms with Gasteiger partial charge in [0, 0.05) is 43.6 Å². The average molecular weight is 326 g/mol. The molecule has 0 atom stereocenters. The molecule has 1 aliphatic rings. The van der Waals surface area contributed by atoms with Gasteiger partial charge in [-0.1, -0.05) is 13.8 Å². The number of hydrogen-bond acceptors (Lipinski definition) is 6. The van der Waals surface area contributed by atoms with E-state index in [-0.39, 0.29) is 6.09 Å². The lowest BCUT2D eigenvalue weighted by molar-refractivity contribution is 0.0263. The largest absolute Gasteiger partial charge is 0.444 e. The van der Waals surface area contributed by atoms with Crippen molar-refractivity contribution in [2.75, 3.05) is 31.1 Å². The molecule has 0 spiro atoms. The van der Waals surface area contributed by atoms with E-state index in [0.29, 0.717) is 12.5 Å². The highest BCUT2D eigenvalue weighted by Crippen LogP contribution is 2.23. The number of carbonyl (C=O) groups excluding carboxylic acids is 1. The van der Waals surface area contributed by atoms with Gasteiger partial charge < -0.3 is 14.5 Å². The molecule has 124 valence electrons. The van der Waals surface area contributed by atoms with E-state index >= 15 is 0 Å². The Morgan fingerprint density at radius 3 is 2.55 bits per heavy atom. The van der Waals surface area contributed by atoms with Gasteiger partial charge in [0.2, 0.25) is 5.13 Å². The zero-order valence-corrected chi connectivity index (χ0v) is 14.9. The lowest BCUT2D eigenvalue weighted by Crippen LogP contribution is -2.39. The van der Waals surface area contributed by atoms with Gasteiger partial charge in [0.25, 0.3) is 0 Å². The molecule has 6 nitrogen and oxygen atoms in total. The molecule has 1 aliphatic heterocycles. The van der Waals surface area contributed by atoms with Crippen molar-refractivity contribution < 1.29 is 9.53 Å². The van der Waals surface area contributed by atoms with Gasteiger partial charge in [-0.2, -0.15) is 4.37 Å². The fourth-order valence-electron chi connectivity index (χ4n) is 2.21. The number of ether oxygens (including phenoxy) is 1. The first-order valence-electron chi connectivity index (χ1n) is 7.83. The van der Waals surface area contributed by atoms with E-state index < -0.39 is 5.60 Å². The van der Waals surface area contributed by atoms with Crippen LogP contribution in [0.4, 0.5) is 9.93 Å². The van der Waals surface area contributed by atoms with Crippen molar-refractivity contribution >= 4 is 22.8 Å². The Bertz CT molecular complexity index is 510. The SMILES string of the molecule is CC(C)c1nsc(N2CCCN(C(=O)OC(C)(C)C)CC2)n1. The molecule has 0 aromatic carbocycles. The number of aromatic nitrogens is 2. The van der Waals surface area contributed by atoms with E-state index in [0.717, 1.165) is 37.0 Å². The summed E-state index contributed by atoms with van der Waals surface area (Å²) in [6.07, 6.45) is 0.685. The smallest absolute Gasteiger partial charge is 0.410 e. The van der Waals surface area contributed by atoms with E-state index in [1.165, 1.54) is 11.5 Å². The van der Waals surface area contributed by atoms with Crippen molar-refractivity contribution in [3.05, 3.63) is 5.82 Å². The summed E-state index contributed by atoms with van der Waals surface area (Å²) in [5, 5.41) is 0.953. The zero-order valence-electron chi connectivity index (χ0n) is 14.1. The molecule has 0 N–H and O–H groups in total. The molecule has 0 radical (unpaired) electrons. The fraction of sp³-hybridized carbons (Fsp3) is 0.800. The summed E-state index contributed by atoms with van der Waals surface area (Å²) in [5.41, 5.74) is -0.450. The van der Waals surface area contributed by atoms with Crippen LogP contribution in [0, 0.1) is 0 Å². The van der Waals surface area contributed by atoms with Crippen LogP contribution in [0.3, 0.4) is 0 Å². The molecule has 0 bridgehead atoms. The van der Waals surface area contributed by atoms with Gasteiger partial charge in [0.05, 0.1) is 0 Å². The number of rotatable bonds is 2. The van der Waals surface area contributed by atoms with E-state index in [1.54, 1.807) is 4.90 Å². The van der Waals surface area contributed by atoms with Crippen molar-refractivity contribution in [2.45, 2.75) is 52.6 Å². The van der Waals surface area contributed by atoms with Gasteiger partial charge in [-0.05, 0) is 27.2 Å². The third-order valence-electron chi connectivity index (χ3n) is 3.37. The molecule has 22 heavy (non-hydrogen) atoms. The van der Waals surface area contributed by atoms with Crippen molar-refractivity contribution in [2.24, 2.45) is 0 Å². The van der Waals surface area contributed by atoms with Crippen molar-refractivity contribution in [1.82, 2.24) is 14.3 Å². The Hall–Kier alpha value is -1.37. The standard InChI is InChI=1S/C15H26N4O2S/c1-11(2)12-16-13(22-17-12)18-7-6-8-19(10-9-18)14(20)21-15(3,4)5/h11H,6-10H2,1-5H3. The third kappa shape index (κ3) is 4.56. The van der Waals surface area contributed by atoms with Gasteiger partial charge in [0.15, 0.2) is 0 Å². The Morgan fingerprint density at radius 2 is 1.95 bits per heavy atom. The van der Waals surface area contributed by atoms with Crippen LogP contribution in [-0.4, -0.2) is 52.1 Å². The lowest BCUT2D eigenvalue weighted by atomic mass is 10.2.